The zero-order chi connectivity index (χ0) is 18.7. The molecule has 0 fully saturated rings. The maximum atomic E-state index is 13.5. The van der Waals surface area contributed by atoms with Crippen molar-refractivity contribution in [2.75, 3.05) is 0 Å². The Balaban J connectivity index is 2.01. The number of primary amides is 1. The average molecular weight is 357 g/mol. The van der Waals surface area contributed by atoms with Crippen molar-refractivity contribution in [1.82, 2.24) is 19.7 Å². The molecule has 0 unspecified atom stereocenters. The van der Waals surface area contributed by atoms with Crippen LogP contribution < -0.4 is 5.73 Å². The van der Waals surface area contributed by atoms with Crippen LogP contribution in [-0.4, -0.2) is 25.7 Å². The molecule has 0 saturated carbocycles. The third kappa shape index (κ3) is 3.90. The van der Waals surface area contributed by atoms with E-state index in [1.165, 1.54) is 6.07 Å². The number of amides is 1. The molecule has 8 heteroatoms. The molecule has 6 nitrogen and oxygen atoms in total. The first-order valence-corrected chi connectivity index (χ1v) is 8.08. The highest BCUT2D eigenvalue weighted by Gasteiger charge is 2.15. The van der Waals surface area contributed by atoms with Crippen LogP contribution in [0.2, 0.25) is 0 Å². The van der Waals surface area contributed by atoms with E-state index in [4.69, 9.17) is 5.73 Å². The summed E-state index contributed by atoms with van der Waals surface area (Å²) in [6.07, 6.45) is 1.15. The van der Waals surface area contributed by atoms with Gasteiger partial charge in [0.05, 0.1) is 0 Å². The Kier molecular flexibility index (Phi) is 5.01. The quantitative estimate of drug-likeness (QED) is 0.735. The molecule has 0 aliphatic rings. The van der Waals surface area contributed by atoms with Crippen molar-refractivity contribution in [3.8, 4) is 17.2 Å². The molecule has 26 heavy (non-hydrogen) atoms. The summed E-state index contributed by atoms with van der Waals surface area (Å²) in [5, 5.41) is 4.40. The third-order valence-corrected chi connectivity index (χ3v) is 3.77. The molecule has 0 saturated heterocycles. The molecule has 2 heterocycles. The van der Waals surface area contributed by atoms with Crippen molar-refractivity contribution in [1.29, 1.82) is 0 Å². The molecule has 0 aliphatic carbocycles. The van der Waals surface area contributed by atoms with Gasteiger partial charge in [-0.3, -0.25) is 4.79 Å². The van der Waals surface area contributed by atoms with Gasteiger partial charge in [0.2, 0.25) is 5.91 Å². The van der Waals surface area contributed by atoms with Gasteiger partial charge in [0.1, 0.15) is 5.82 Å². The molecule has 1 amide bonds. The number of nitrogens with zero attached hydrogens (tertiary/aromatic N) is 4. The van der Waals surface area contributed by atoms with Gasteiger partial charge >= 0.3 is 0 Å². The minimum atomic E-state index is -0.970. The summed E-state index contributed by atoms with van der Waals surface area (Å²) >= 11 is 0. The molecule has 0 bridgehead atoms. The fourth-order valence-electron chi connectivity index (χ4n) is 2.51. The molecule has 0 aliphatic heterocycles. The molecule has 134 valence electrons. The molecule has 3 rings (SSSR count). The number of hydrogen-bond donors (Lipinski definition) is 1. The molecule has 0 radical (unpaired) electrons. The standard InChI is InChI=1S/C18H17F2N5O/c1-11-4-2-6-16(22-11)25-17(7-3-5-15(21)26)23-18(24-25)12-8-9-13(19)14(20)10-12/h2,4,6,8-10H,3,5,7H2,1H3,(H2,21,26). The second kappa shape index (κ2) is 7.38. The smallest absolute Gasteiger partial charge is 0.217 e. The van der Waals surface area contributed by atoms with Crippen LogP contribution in [0, 0.1) is 18.6 Å². The summed E-state index contributed by atoms with van der Waals surface area (Å²) in [7, 11) is 0. The Morgan fingerprint density at radius 3 is 2.65 bits per heavy atom. The molecule has 0 atom stereocenters. The number of halogens is 2. The number of nitrogens with two attached hydrogens (primary N) is 1. The number of hydrogen-bond acceptors (Lipinski definition) is 4. The summed E-state index contributed by atoms with van der Waals surface area (Å²) < 4.78 is 28.3. The Bertz CT molecular complexity index is 955. The van der Waals surface area contributed by atoms with Crippen LogP contribution in [0.25, 0.3) is 17.2 Å². The lowest BCUT2D eigenvalue weighted by Gasteiger charge is -2.05. The van der Waals surface area contributed by atoms with Gasteiger partial charge in [0, 0.05) is 24.1 Å². The van der Waals surface area contributed by atoms with Crippen molar-refractivity contribution in [3.63, 3.8) is 0 Å². The lowest BCUT2D eigenvalue weighted by molar-refractivity contribution is -0.118. The van der Waals surface area contributed by atoms with Gasteiger partial charge in [0.15, 0.2) is 23.3 Å². The number of aryl methyl sites for hydroxylation is 2. The summed E-state index contributed by atoms with van der Waals surface area (Å²) in [4.78, 5) is 19.8. The molecular weight excluding hydrogens is 340 g/mol. The number of rotatable bonds is 6. The van der Waals surface area contributed by atoms with Crippen LogP contribution in [0.1, 0.15) is 24.4 Å². The topological polar surface area (TPSA) is 86.7 Å². The molecule has 0 spiro atoms. The minimum absolute atomic E-state index is 0.217. The van der Waals surface area contributed by atoms with Gasteiger partial charge in [-0.15, -0.1) is 5.10 Å². The van der Waals surface area contributed by atoms with Gasteiger partial charge in [-0.25, -0.2) is 18.7 Å². The number of carbonyl (C=O) groups excluding carboxylic acids is 1. The van der Waals surface area contributed by atoms with Gasteiger partial charge in [-0.05, 0) is 43.7 Å². The zero-order valence-electron chi connectivity index (χ0n) is 14.1. The Morgan fingerprint density at radius 2 is 1.96 bits per heavy atom. The van der Waals surface area contributed by atoms with E-state index in [0.717, 1.165) is 17.8 Å². The van der Waals surface area contributed by atoms with E-state index in [0.29, 0.717) is 30.0 Å². The number of benzene rings is 1. The van der Waals surface area contributed by atoms with E-state index < -0.39 is 17.5 Å². The van der Waals surface area contributed by atoms with E-state index in [2.05, 4.69) is 15.1 Å². The Hall–Kier alpha value is -3.16. The number of aromatic nitrogens is 4. The van der Waals surface area contributed by atoms with Crippen molar-refractivity contribution >= 4 is 5.91 Å². The Labute approximate surface area is 148 Å². The average Bonchev–Trinajstić information content (AvgIpc) is 3.01. The fraction of sp³-hybridized carbons (Fsp3) is 0.222. The van der Waals surface area contributed by atoms with E-state index in [9.17, 15) is 13.6 Å². The highest BCUT2D eigenvalue weighted by molar-refractivity contribution is 5.73. The maximum Gasteiger partial charge on any atom is 0.217 e. The van der Waals surface area contributed by atoms with Crippen molar-refractivity contribution in [2.45, 2.75) is 26.2 Å². The maximum absolute atomic E-state index is 13.5. The van der Waals surface area contributed by atoms with Crippen molar-refractivity contribution in [2.24, 2.45) is 5.73 Å². The monoisotopic (exact) mass is 357 g/mol. The van der Waals surface area contributed by atoms with Crippen LogP contribution in [0.3, 0.4) is 0 Å². The summed E-state index contributed by atoms with van der Waals surface area (Å²) in [5.74, 6) is -0.936. The summed E-state index contributed by atoms with van der Waals surface area (Å²) in [6.45, 7) is 1.85. The lowest BCUT2D eigenvalue weighted by atomic mass is 10.2. The van der Waals surface area contributed by atoms with E-state index in [1.807, 2.05) is 19.1 Å². The predicted octanol–water partition coefficient (Wildman–Crippen LogP) is 2.72. The minimum Gasteiger partial charge on any atom is -0.370 e. The normalized spacial score (nSPS) is 10.9. The lowest BCUT2D eigenvalue weighted by Crippen LogP contribution is -2.11. The first kappa shape index (κ1) is 17.7. The number of pyridine rings is 1. The van der Waals surface area contributed by atoms with E-state index >= 15 is 0 Å². The first-order valence-electron chi connectivity index (χ1n) is 8.08. The largest absolute Gasteiger partial charge is 0.370 e. The van der Waals surface area contributed by atoms with E-state index in [-0.39, 0.29) is 12.2 Å². The second-order valence-corrected chi connectivity index (χ2v) is 5.85. The highest BCUT2D eigenvalue weighted by Crippen LogP contribution is 2.21. The number of carbonyl (C=O) groups is 1. The fourth-order valence-corrected chi connectivity index (χ4v) is 2.51. The van der Waals surface area contributed by atoms with Crippen molar-refractivity contribution in [3.05, 3.63) is 59.6 Å². The van der Waals surface area contributed by atoms with E-state index in [1.54, 1.807) is 10.7 Å². The van der Waals surface area contributed by atoms with Gasteiger partial charge in [-0.2, -0.15) is 4.68 Å². The van der Waals surface area contributed by atoms with Gasteiger partial charge < -0.3 is 5.73 Å². The summed E-state index contributed by atoms with van der Waals surface area (Å²) in [5.41, 5.74) is 6.34. The van der Waals surface area contributed by atoms with Crippen LogP contribution in [0.4, 0.5) is 8.78 Å². The van der Waals surface area contributed by atoms with Crippen molar-refractivity contribution < 1.29 is 13.6 Å². The first-order chi connectivity index (χ1) is 12.4. The third-order valence-electron chi connectivity index (χ3n) is 3.77. The molecule has 1 aromatic carbocycles. The highest BCUT2D eigenvalue weighted by atomic mass is 19.2. The van der Waals surface area contributed by atoms with Crippen LogP contribution in [0.15, 0.2) is 36.4 Å². The SMILES string of the molecule is Cc1cccc(-n2nc(-c3ccc(F)c(F)c3)nc2CCCC(N)=O)n1. The summed E-state index contributed by atoms with van der Waals surface area (Å²) in [6, 6.07) is 8.95. The predicted molar refractivity (Wildman–Crippen MR) is 91.4 cm³/mol. The van der Waals surface area contributed by atoms with Gasteiger partial charge in [0.25, 0.3) is 0 Å². The molecular formula is C18H17F2N5O. The second-order valence-electron chi connectivity index (χ2n) is 5.85. The molecule has 2 N–H and O–H groups in total. The Morgan fingerprint density at radius 1 is 1.15 bits per heavy atom. The van der Waals surface area contributed by atoms with Crippen LogP contribution >= 0.6 is 0 Å². The van der Waals surface area contributed by atoms with Gasteiger partial charge in [-0.1, -0.05) is 6.07 Å². The van der Waals surface area contributed by atoms with Crippen LogP contribution in [-0.2, 0) is 11.2 Å². The zero-order valence-corrected chi connectivity index (χ0v) is 14.1. The molecule has 3 aromatic rings. The molecule has 2 aromatic heterocycles. The van der Waals surface area contributed by atoms with Crippen LogP contribution in [0.5, 0.6) is 0 Å².